The molecular formula is C35H59ClO8Si4. The molecule has 1 saturated heterocycles. The zero-order valence-corrected chi connectivity index (χ0v) is 35.9. The molecular weight excluding hydrogens is 696 g/mol. The van der Waals surface area contributed by atoms with Crippen molar-refractivity contribution < 1.29 is 37.0 Å². The van der Waals surface area contributed by atoms with Crippen LogP contribution in [0.2, 0.25) is 83.6 Å². The molecule has 0 aromatic heterocycles. The summed E-state index contributed by atoms with van der Waals surface area (Å²) in [5.41, 5.74) is 2.46. The smallest absolute Gasteiger partial charge is 0.223 e. The third-order valence-electron chi connectivity index (χ3n) is 7.51. The molecule has 1 saturated carbocycles. The summed E-state index contributed by atoms with van der Waals surface area (Å²) >= 11 is 6.81. The van der Waals surface area contributed by atoms with E-state index in [0.29, 0.717) is 36.3 Å². The lowest BCUT2D eigenvalue weighted by molar-refractivity contribution is -0.379. The minimum atomic E-state index is -2.27. The Morgan fingerprint density at radius 2 is 1.29 bits per heavy atom. The first kappa shape index (κ1) is 39.9. The molecule has 1 heterocycles. The Balaban J connectivity index is 1.71. The fourth-order valence-corrected chi connectivity index (χ4v) is 9.85. The third kappa shape index (κ3) is 12.1. The molecule has 2 aromatic carbocycles. The van der Waals surface area contributed by atoms with Crippen LogP contribution in [0.25, 0.3) is 0 Å². The summed E-state index contributed by atoms with van der Waals surface area (Å²) in [5, 5.41) is 13.5. The van der Waals surface area contributed by atoms with Gasteiger partial charge < -0.3 is 37.0 Å². The van der Waals surface area contributed by atoms with Gasteiger partial charge >= 0.3 is 0 Å². The Hall–Kier alpha value is -0.882. The molecule has 1 N–H and O–H groups in total. The van der Waals surface area contributed by atoms with Crippen molar-refractivity contribution in [2.24, 2.45) is 0 Å². The molecule has 8 nitrogen and oxygen atoms in total. The molecule has 0 radical (unpaired) electrons. The Kier molecular flexibility index (Phi) is 12.8. The maximum Gasteiger partial charge on any atom is 0.223 e. The topological polar surface area (TPSA) is 84.8 Å². The van der Waals surface area contributed by atoms with Gasteiger partial charge in [0.15, 0.2) is 39.6 Å². The van der Waals surface area contributed by atoms with Gasteiger partial charge in [0.05, 0.1) is 12.7 Å². The maximum atomic E-state index is 12.9. The fourth-order valence-electron chi connectivity index (χ4n) is 5.59. The van der Waals surface area contributed by atoms with Gasteiger partial charge in [-0.3, -0.25) is 0 Å². The van der Waals surface area contributed by atoms with Gasteiger partial charge in [0, 0.05) is 10.6 Å². The summed E-state index contributed by atoms with van der Waals surface area (Å²) in [6.45, 7) is 26.7. The van der Waals surface area contributed by atoms with E-state index >= 15 is 0 Å². The van der Waals surface area contributed by atoms with Crippen LogP contribution in [0.3, 0.4) is 0 Å². The first-order chi connectivity index (χ1) is 22.0. The van der Waals surface area contributed by atoms with Gasteiger partial charge in [-0.2, -0.15) is 0 Å². The summed E-state index contributed by atoms with van der Waals surface area (Å²) in [4.78, 5) is 0. The van der Waals surface area contributed by atoms with Crippen LogP contribution < -0.4 is 4.74 Å². The van der Waals surface area contributed by atoms with Crippen molar-refractivity contribution in [2.75, 3.05) is 13.2 Å². The van der Waals surface area contributed by atoms with Gasteiger partial charge in [-0.1, -0.05) is 29.8 Å². The van der Waals surface area contributed by atoms with Gasteiger partial charge in [0.1, 0.15) is 30.7 Å². The lowest BCUT2D eigenvalue weighted by Crippen LogP contribution is -2.69. The van der Waals surface area contributed by atoms with E-state index in [0.717, 1.165) is 29.7 Å². The number of ether oxygens (including phenoxy) is 3. The SMILES string of the molecule is C[Si](C)(C)O[C@H]1OC(O)(c2ccc(Cl)c(Cc3ccc(OCCOC4CC4)cc3)c2)[C@H](O[Si](C)(C)C)[C@@H](O[Si](C)(C)C)[C@@H]1O[Si](C)(C)C. The number of rotatable bonds is 16. The number of hydrogen-bond acceptors (Lipinski definition) is 8. The van der Waals surface area contributed by atoms with E-state index in [9.17, 15) is 5.11 Å². The highest BCUT2D eigenvalue weighted by atomic mass is 35.5. The molecule has 0 amide bonds. The van der Waals surface area contributed by atoms with Crippen molar-refractivity contribution in [1.82, 2.24) is 0 Å². The van der Waals surface area contributed by atoms with Crippen LogP contribution in [0.1, 0.15) is 29.5 Å². The van der Waals surface area contributed by atoms with Crippen molar-refractivity contribution in [2.45, 2.75) is 134 Å². The lowest BCUT2D eigenvalue weighted by Gasteiger charge is -2.54. The maximum absolute atomic E-state index is 12.9. The second-order valence-corrected chi connectivity index (χ2v) is 35.2. The largest absolute Gasteiger partial charge is 0.491 e. The molecule has 2 fully saturated rings. The number of aliphatic hydroxyl groups is 1. The van der Waals surface area contributed by atoms with E-state index in [4.69, 9.17) is 43.5 Å². The van der Waals surface area contributed by atoms with Crippen LogP contribution in [0.4, 0.5) is 0 Å². The zero-order valence-electron chi connectivity index (χ0n) is 31.1. The standard InChI is InChI=1S/C35H59ClO8Si4/c1-45(2,3)41-31-32(42-46(4,5)6)34(44-48(10,11)12)40-35(37,33(31)43-47(7,8)9)27-15-20-30(36)26(24-27)23-25-13-16-28(17-14-25)38-21-22-39-29-18-19-29/h13-17,20,24,29,31-34,37H,18-19,21-23H2,1-12H3/t31-,32-,33+,34+,35?/m0/s1. The molecule has 48 heavy (non-hydrogen) atoms. The first-order valence-corrected chi connectivity index (χ1v) is 31.3. The third-order valence-corrected chi connectivity index (χ3v) is 11.7. The van der Waals surface area contributed by atoms with Crippen molar-refractivity contribution in [3.05, 3.63) is 64.2 Å². The highest BCUT2D eigenvalue weighted by Crippen LogP contribution is 2.44. The molecule has 0 spiro atoms. The van der Waals surface area contributed by atoms with Crippen LogP contribution in [0, 0.1) is 0 Å². The van der Waals surface area contributed by atoms with E-state index in [2.05, 4.69) is 78.6 Å². The summed E-state index contributed by atoms with van der Waals surface area (Å²) in [5.74, 6) is -1.10. The molecule has 2 aromatic rings. The monoisotopic (exact) mass is 754 g/mol. The molecule has 0 bridgehead atoms. The van der Waals surface area contributed by atoms with E-state index in [1.165, 1.54) is 0 Å². The second-order valence-electron chi connectivity index (χ2n) is 17.0. The average Bonchev–Trinajstić information content (AvgIpc) is 3.75. The van der Waals surface area contributed by atoms with Crippen molar-refractivity contribution in [3.8, 4) is 5.75 Å². The minimum absolute atomic E-state index is 0.420. The van der Waals surface area contributed by atoms with Gasteiger partial charge in [0.2, 0.25) is 5.79 Å². The van der Waals surface area contributed by atoms with Crippen LogP contribution in [-0.2, 0) is 39.4 Å². The number of benzene rings is 2. The Labute approximate surface area is 298 Å². The van der Waals surface area contributed by atoms with E-state index in [1.54, 1.807) is 0 Å². The molecule has 4 rings (SSSR count). The van der Waals surface area contributed by atoms with Crippen LogP contribution in [0.15, 0.2) is 42.5 Å². The van der Waals surface area contributed by atoms with Gasteiger partial charge in [-0.25, -0.2) is 0 Å². The van der Waals surface area contributed by atoms with Crippen molar-refractivity contribution in [3.63, 3.8) is 0 Å². The Morgan fingerprint density at radius 3 is 1.83 bits per heavy atom. The Morgan fingerprint density at radius 1 is 0.729 bits per heavy atom. The van der Waals surface area contributed by atoms with Gasteiger partial charge in [-0.05, 0) is 133 Å². The van der Waals surface area contributed by atoms with E-state index in [-0.39, 0.29) is 0 Å². The van der Waals surface area contributed by atoms with Crippen LogP contribution in [-0.4, -0.2) is 82.3 Å². The van der Waals surface area contributed by atoms with Gasteiger partial charge in [0.25, 0.3) is 0 Å². The average molecular weight is 756 g/mol. The molecule has 270 valence electrons. The summed E-state index contributed by atoms with van der Waals surface area (Å²) in [7, 11) is -8.79. The summed E-state index contributed by atoms with van der Waals surface area (Å²) < 4.78 is 45.7. The molecule has 1 aliphatic heterocycles. The number of halogens is 1. The number of hydrogen-bond donors (Lipinski definition) is 1. The lowest BCUT2D eigenvalue weighted by atomic mass is 9.89. The normalized spacial score (nSPS) is 25.7. The van der Waals surface area contributed by atoms with Crippen molar-refractivity contribution >= 4 is 44.9 Å². The summed E-state index contributed by atoms with van der Waals surface area (Å²) in [6, 6.07) is 13.6. The van der Waals surface area contributed by atoms with Crippen molar-refractivity contribution in [1.29, 1.82) is 0 Å². The molecule has 1 unspecified atom stereocenters. The zero-order chi connectivity index (χ0) is 35.7. The highest BCUT2D eigenvalue weighted by molar-refractivity contribution is 6.71. The predicted octanol–water partition coefficient (Wildman–Crippen LogP) is 8.50. The first-order valence-electron chi connectivity index (χ1n) is 17.3. The van der Waals surface area contributed by atoms with Crippen LogP contribution in [0.5, 0.6) is 5.75 Å². The highest BCUT2D eigenvalue weighted by Gasteiger charge is 2.60. The quantitative estimate of drug-likeness (QED) is 0.135. The van der Waals surface area contributed by atoms with E-state index < -0.39 is 63.7 Å². The second kappa shape index (κ2) is 15.4. The van der Waals surface area contributed by atoms with E-state index in [1.807, 2.05) is 42.5 Å². The molecule has 1 aliphatic carbocycles. The fraction of sp³-hybridized carbons (Fsp3) is 0.657. The summed E-state index contributed by atoms with van der Waals surface area (Å²) in [6.07, 6.45) is 0.343. The minimum Gasteiger partial charge on any atom is -0.491 e. The molecule has 2 aliphatic rings. The van der Waals surface area contributed by atoms with Crippen LogP contribution >= 0.6 is 11.6 Å². The molecule has 5 atom stereocenters. The molecule has 13 heteroatoms. The predicted molar refractivity (Wildman–Crippen MR) is 203 cm³/mol. The van der Waals surface area contributed by atoms with Gasteiger partial charge in [-0.15, -0.1) is 0 Å². The Bertz CT molecular complexity index is 1350.